The molecule has 0 aliphatic carbocycles. The number of anilines is 1. The fourth-order valence-corrected chi connectivity index (χ4v) is 3.37. The van der Waals surface area contributed by atoms with Gasteiger partial charge in [0, 0.05) is 30.8 Å². The Kier molecular flexibility index (Phi) is 4.13. The fourth-order valence-electron chi connectivity index (χ4n) is 3.37. The summed E-state index contributed by atoms with van der Waals surface area (Å²) in [6.45, 7) is 6.51. The molecule has 0 radical (unpaired) electrons. The molecule has 0 bridgehead atoms. The summed E-state index contributed by atoms with van der Waals surface area (Å²) in [5, 5.41) is 0. The van der Waals surface area contributed by atoms with Gasteiger partial charge in [0.05, 0.1) is 24.1 Å². The molecule has 1 fully saturated rings. The summed E-state index contributed by atoms with van der Waals surface area (Å²) >= 11 is 0. The normalized spacial score (nSPS) is 19.3. The van der Waals surface area contributed by atoms with Crippen molar-refractivity contribution in [3.8, 4) is 5.75 Å². The average Bonchev–Trinajstić information content (AvgIpc) is 3.20. The summed E-state index contributed by atoms with van der Waals surface area (Å²) in [6.07, 6.45) is 2.76. The van der Waals surface area contributed by atoms with E-state index in [0.717, 1.165) is 48.0 Å². The molecule has 1 aromatic heterocycles. The molecular weight excluding hydrogens is 314 g/mol. The number of hydrogen-bond acceptors (Lipinski definition) is 6. The highest BCUT2D eigenvalue weighted by molar-refractivity contribution is 6.14. The first-order chi connectivity index (χ1) is 12.1. The molecule has 0 saturated carbocycles. The van der Waals surface area contributed by atoms with Crippen LogP contribution in [-0.2, 0) is 6.54 Å². The molecule has 3 heterocycles. The van der Waals surface area contributed by atoms with Gasteiger partial charge in [-0.3, -0.25) is 4.99 Å². The maximum atomic E-state index is 6.02. The zero-order valence-corrected chi connectivity index (χ0v) is 14.6. The van der Waals surface area contributed by atoms with Gasteiger partial charge in [-0.15, -0.1) is 0 Å². The van der Waals surface area contributed by atoms with Gasteiger partial charge in [-0.1, -0.05) is 6.07 Å². The van der Waals surface area contributed by atoms with Crippen molar-refractivity contribution in [2.45, 2.75) is 39.0 Å². The highest BCUT2D eigenvalue weighted by Gasteiger charge is 2.23. The van der Waals surface area contributed by atoms with Gasteiger partial charge in [0.25, 0.3) is 0 Å². The number of aromatic nitrogens is 2. The van der Waals surface area contributed by atoms with Crippen molar-refractivity contribution in [2.75, 3.05) is 18.0 Å². The Hall–Kier alpha value is -2.47. The first-order valence-electron chi connectivity index (χ1n) is 8.77. The van der Waals surface area contributed by atoms with Crippen molar-refractivity contribution < 1.29 is 4.74 Å². The molecule has 1 aromatic carbocycles. The third-order valence-corrected chi connectivity index (χ3v) is 4.56. The molecule has 2 aliphatic heterocycles. The number of hydrogen-bond donors (Lipinski definition) is 1. The van der Waals surface area contributed by atoms with Crippen molar-refractivity contribution in [2.24, 2.45) is 10.7 Å². The molecule has 2 aliphatic rings. The van der Waals surface area contributed by atoms with Gasteiger partial charge < -0.3 is 15.4 Å². The lowest BCUT2D eigenvalue weighted by Gasteiger charge is -2.17. The van der Waals surface area contributed by atoms with Crippen LogP contribution in [0.5, 0.6) is 5.75 Å². The van der Waals surface area contributed by atoms with Crippen LogP contribution in [0.1, 0.15) is 37.1 Å². The van der Waals surface area contributed by atoms with Crippen molar-refractivity contribution in [3.63, 3.8) is 0 Å². The van der Waals surface area contributed by atoms with E-state index in [1.54, 1.807) is 6.33 Å². The molecule has 1 saturated heterocycles. The Labute approximate surface area is 147 Å². The Morgan fingerprint density at radius 2 is 2.12 bits per heavy atom. The van der Waals surface area contributed by atoms with E-state index < -0.39 is 0 Å². The van der Waals surface area contributed by atoms with Crippen LogP contribution >= 0.6 is 0 Å². The molecule has 1 atom stereocenters. The molecule has 0 spiro atoms. The van der Waals surface area contributed by atoms with Gasteiger partial charge in [0.2, 0.25) is 0 Å². The SMILES string of the molecule is CC(C)Oc1ccc2c(c1)C(c1cc(N3CC[C@H](N)C3)ncn1)=NC2. The van der Waals surface area contributed by atoms with Crippen LogP contribution < -0.4 is 15.4 Å². The quantitative estimate of drug-likeness (QED) is 0.925. The highest BCUT2D eigenvalue weighted by Crippen LogP contribution is 2.28. The zero-order chi connectivity index (χ0) is 17.4. The van der Waals surface area contributed by atoms with Gasteiger partial charge in [-0.25, -0.2) is 9.97 Å². The Bertz CT molecular complexity index is 817. The maximum absolute atomic E-state index is 6.02. The number of nitrogens with zero attached hydrogens (tertiary/aromatic N) is 4. The lowest BCUT2D eigenvalue weighted by molar-refractivity contribution is 0.242. The molecule has 130 valence electrons. The summed E-state index contributed by atoms with van der Waals surface area (Å²) < 4.78 is 5.83. The third-order valence-electron chi connectivity index (χ3n) is 4.56. The van der Waals surface area contributed by atoms with Gasteiger partial charge in [-0.2, -0.15) is 0 Å². The lowest BCUT2D eigenvalue weighted by Crippen LogP contribution is -2.27. The van der Waals surface area contributed by atoms with E-state index in [0.29, 0.717) is 6.54 Å². The summed E-state index contributed by atoms with van der Waals surface area (Å²) in [4.78, 5) is 15.8. The number of ether oxygens (including phenoxy) is 1. The molecule has 6 heteroatoms. The predicted molar refractivity (Wildman–Crippen MR) is 98.4 cm³/mol. The van der Waals surface area contributed by atoms with Crippen molar-refractivity contribution in [1.29, 1.82) is 0 Å². The summed E-state index contributed by atoms with van der Waals surface area (Å²) in [5.74, 6) is 1.78. The van der Waals surface area contributed by atoms with E-state index >= 15 is 0 Å². The molecule has 6 nitrogen and oxygen atoms in total. The summed E-state index contributed by atoms with van der Waals surface area (Å²) in [5.41, 5.74) is 10.1. The van der Waals surface area contributed by atoms with Gasteiger partial charge >= 0.3 is 0 Å². The predicted octanol–water partition coefficient (Wildman–Crippen LogP) is 2.15. The molecule has 2 aromatic rings. The van der Waals surface area contributed by atoms with Crippen molar-refractivity contribution in [1.82, 2.24) is 9.97 Å². The molecule has 4 rings (SSSR count). The largest absolute Gasteiger partial charge is 0.491 e. The van der Waals surface area contributed by atoms with Crippen LogP contribution in [0.15, 0.2) is 35.6 Å². The van der Waals surface area contributed by atoms with E-state index in [9.17, 15) is 0 Å². The van der Waals surface area contributed by atoms with Crippen LogP contribution in [-0.4, -0.2) is 40.9 Å². The van der Waals surface area contributed by atoms with E-state index in [4.69, 9.17) is 15.5 Å². The number of nitrogens with two attached hydrogens (primary N) is 1. The monoisotopic (exact) mass is 337 g/mol. The second-order valence-electron chi connectivity index (χ2n) is 6.91. The maximum Gasteiger partial charge on any atom is 0.132 e. The van der Waals surface area contributed by atoms with Crippen LogP contribution in [0.2, 0.25) is 0 Å². The minimum absolute atomic E-state index is 0.143. The second kappa shape index (κ2) is 6.44. The van der Waals surface area contributed by atoms with E-state index in [1.165, 1.54) is 5.56 Å². The van der Waals surface area contributed by atoms with Crippen LogP contribution in [0.25, 0.3) is 0 Å². The first-order valence-corrected chi connectivity index (χ1v) is 8.77. The molecule has 25 heavy (non-hydrogen) atoms. The molecule has 2 N–H and O–H groups in total. The minimum atomic E-state index is 0.143. The van der Waals surface area contributed by atoms with E-state index in [-0.39, 0.29) is 12.1 Å². The Morgan fingerprint density at radius 1 is 1.24 bits per heavy atom. The van der Waals surface area contributed by atoms with E-state index in [2.05, 4.69) is 27.0 Å². The van der Waals surface area contributed by atoms with Crippen molar-refractivity contribution >= 4 is 11.5 Å². The highest BCUT2D eigenvalue weighted by atomic mass is 16.5. The third kappa shape index (κ3) is 3.22. The number of fused-ring (bicyclic) bond motifs is 1. The number of benzene rings is 1. The average molecular weight is 337 g/mol. The zero-order valence-electron chi connectivity index (χ0n) is 14.6. The van der Waals surface area contributed by atoms with Crippen LogP contribution in [0.4, 0.5) is 5.82 Å². The summed E-state index contributed by atoms with van der Waals surface area (Å²) in [6, 6.07) is 8.40. The van der Waals surface area contributed by atoms with Crippen LogP contribution in [0.3, 0.4) is 0 Å². The Morgan fingerprint density at radius 3 is 2.88 bits per heavy atom. The second-order valence-corrected chi connectivity index (χ2v) is 6.91. The van der Waals surface area contributed by atoms with Crippen LogP contribution in [0, 0.1) is 0 Å². The minimum Gasteiger partial charge on any atom is -0.491 e. The standard InChI is InChI=1S/C19H23N5O/c1-12(2)25-15-4-3-13-9-21-19(16(13)7-15)17-8-18(23-11-22-17)24-6-5-14(20)10-24/h3-4,7-8,11-12,14H,5-6,9-10,20H2,1-2H3/t14-/m0/s1. The number of aliphatic imine (C=N–C) groups is 1. The molecular formula is C19H23N5O. The smallest absolute Gasteiger partial charge is 0.132 e. The van der Waals surface area contributed by atoms with Gasteiger partial charge in [0.1, 0.15) is 17.9 Å². The molecule has 0 unspecified atom stereocenters. The van der Waals surface area contributed by atoms with Gasteiger partial charge in [-0.05, 0) is 38.0 Å². The fraction of sp³-hybridized carbons (Fsp3) is 0.421. The van der Waals surface area contributed by atoms with E-state index in [1.807, 2.05) is 26.0 Å². The molecule has 0 amide bonds. The number of rotatable bonds is 4. The van der Waals surface area contributed by atoms with Gasteiger partial charge in [0.15, 0.2) is 0 Å². The topological polar surface area (TPSA) is 76.6 Å². The summed E-state index contributed by atoms with van der Waals surface area (Å²) in [7, 11) is 0. The van der Waals surface area contributed by atoms with Crippen molar-refractivity contribution in [3.05, 3.63) is 47.4 Å². The Balaban J connectivity index is 1.64. The first kappa shape index (κ1) is 16.0. The lowest BCUT2D eigenvalue weighted by atomic mass is 10.0.